The molecular formula is C19H21NO3. The van der Waals surface area contributed by atoms with Crippen LogP contribution in [0, 0.1) is 0 Å². The SMILES string of the molecule is CCC(NC(=O)[C@@H](C)c1ccccc1)(C(=O)O)c1ccccc1. The third-order valence-electron chi connectivity index (χ3n) is 4.19. The lowest BCUT2D eigenvalue weighted by atomic mass is 9.86. The van der Waals surface area contributed by atoms with E-state index in [2.05, 4.69) is 5.32 Å². The normalized spacial score (nSPS) is 14.5. The third-order valence-corrected chi connectivity index (χ3v) is 4.19. The van der Waals surface area contributed by atoms with Gasteiger partial charge in [0.05, 0.1) is 5.92 Å². The highest BCUT2D eigenvalue weighted by Crippen LogP contribution is 2.27. The number of hydrogen-bond donors (Lipinski definition) is 2. The molecule has 1 unspecified atom stereocenters. The monoisotopic (exact) mass is 311 g/mol. The maximum absolute atomic E-state index is 12.6. The summed E-state index contributed by atoms with van der Waals surface area (Å²) < 4.78 is 0. The largest absolute Gasteiger partial charge is 0.479 e. The lowest BCUT2D eigenvalue weighted by molar-refractivity contribution is -0.148. The Morgan fingerprint density at radius 2 is 1.57 bits per heavy atom. The van der Waals surface area contributed by atoms with Crippen molar-refractivity contribution >= 4 is 11.9 Å². The molecule has 0 aliphatic heterocycles. The summed E-state index contributed by atoms with van der Waals surface area (Å²) in [5, 5.41) is 12.5. The van der Waals surface area contributed by atoms with Crippen molar-refractivity contribution in [2.45, 2.75) is 31.7 Å². The molecule has 0 saturated carbocycles. The van der Waals surface area contributed by atoms with E-state index in [1.54, 1.807) is 38.1 Å². The molecule has 1 amide bonds. The Morgan fingerprint density at radius 3 is 2.04 bits per heavy atom. The van der Waals surface area contributed by atoms with Crippen molar-refractivity contribution in [1.82, 2.24) is 5.32 Å². The molecule has 0 heterocycles. The first-order valence-corrected chi connectivity index (χ1v) is 7.67. The molecule has 2 atom stereocenters. The van der Waals surface area contributed by atoms with Crippen molar-refractivity contribution in [1.29, 1.82) is 0 Å². The van der Waals surface area contributed by atoms with Crippen LogP contribution in [0.3, 0.4) is 0 Å². The molecule has 4 heteroatoms. The fourth-order valence-electron chi connectivity index (χ4n) is 2.63. The number of rotatable bonds is 6. The summed E-state index contributed by atoms with van der Waals surface area (Å²) in [5.41, 5.74) is 0.0125. The van der Waals surface area contributed by atoms with E-state index < -0.39 is 17.4 Å². The topological polar surface area (TPSA) is 66.4 Å². The average Bonchev–Trinajstić information content (AvgIpc) is 2.60. The summed E-state index contributed by atoms with van der Waals surface area (Å²) in [6.07, 6.45) is 0.263. The van der Waals surface area contributed by atoms with E-state index in [9.17, 15) is 14.7 Å². The van der Waals surface area contributed by atoms with Crippen molar-refractivity contribution in [3.05, 3.63) is 71.8 Å². The zero-order valence-corrected chi connectivity index (χ0v) is 13.3. The Labute approximate surface area is 136 Å². The smallest absolute Gasteiger partial charge is 0.334 e. The number of nitrogens with one attached hydrogen (secondary N) is 1. The molecule has 0 fully saturated rings. The maximum atomic E-state index is 12.6. The average molecular weight is 311 g/mol. The van der Waals surface area contributed by atoms with Gasteiger partial charge in [-0.1, -0.05) is 67.6 Å². The molecule has 2 N–H and O–H groups in total. The highest BCUT2D eigenvalue weighted by atomic mass is 16.4. The molecule has 4 nitrogen and oxygen atoms in total. The van der Waals surface area contributed by atoms with Gasteiger partial charge in [-0.05, 0) is 24.5 Å². The molecule has 0 spiro atoms. The quantitative estimate of drug-likeness (QED) is 0.860. The number of amides is 1. The Bertz CT molecular complexity index is 670. The second kappa shape index (κ2) is 7.09. The Kier molecular flexibility index (Phi) is 5.16. The van der Waals surface area contributed by atoms with Crippen LogP contribution in [0.15, 0.2) is 60.7 Å². The number of carbonyl (C=O) groups is 2. The summed E-state index contributed by atoms with van der Waals surface area (Å²) in [6.45, 7) is 3.53. The summed E-state index contributed by atoms with van der Waals surface area (Å²) in [6, 6.07) is 18.1. The van der Waals surface area contributed by atoms with Crippen LogP contribution in [0.2, 0.25) is 0 Å². The second-order valence-electron chi connectivity index (χ2n) is 5.55. The summed E-state index contributed by atoms with van der Waals surface area (Å²) >= 11 is 0. The minimum Gasteiger partial charge on any atom is -0.479 e. The zero-order valence-electron chi connectivity index (χ0n) is 13.3. The fourth-order valence-corrected chi connectivity index (χ4v) is 2.63. The Morgan fingerprint density at radius 1 is 1.04 bits per heavy atom. The minimum absolute atomic E-state index is 0.263. The van der Waals surface area contributed by atoms with Gasteiger partial charge in [0.15, 0.2) is 5.54 Å². The minimum atomic E-state index is -1.42. The van der Waals surface area contributed by atoms with Gasteiger partial charge in [-0.25, -0.2) is 4.79 Å². The lowest BCUT2D eigenvalue weighted by Crippen LogP contribution is -2.52. The number of aliphatic carboxylic acids is 1. The van der Waals surface area contributed by atoms with E-state index in [1.165, 1.54) is 0 Å². The molecule has 0 aromatic heterocycles. The summed E-state index contributed by atoms with van der Waals surface area (Å²) in [7, 11) is 0. The first kappa shape index (κ1) is 16.7. The van der Waals surface area contributed by atoms with Crippen LogP contribution in [0.1, 0.15) is 37.3 Å². The molecule has 0 radical (unpaired) electrons. The van der Waals surface area contributed by atoms with Crippen molar-refractivity contribution in [3.8, 4) is 0 Å². The van der Waals surface area contributed by atoms with Gasteiger partial charge in [-0.15, -0.1) is 0 Å². The van der Waals surface area contributed by atoms with Gasteiger partial charge >= 0.3 is 5.97 Å². The number of carbonyl (C=O) groups excluding carboxylic acids is 1. The number of hydrogen-bond acceptors (Lipinski definition) is 2. The predicted octanol–water partition coefficient (Wildman–Crippen LogP) is 3.30. The molecule has 2 aromatic carbocycles. The van der Waals surface area contributed by atoms with E-state index in [0.29, 0.717) is 5.56 Å². The van der Waals surface area contributed by atoms with Crippen molar-refractivity contribution in [2.24, 2.45) is 0 Å². The van der Waals surface area contributed by atoms with Gasteiger partial charge in [0, 0.05) is 0 Å². The van der Waals surface area contributed by atoms with Crippen LogP contribution in [0.4, 0.5) is 0 Å². The van der Waals surface area contributed by atoms with Crippen LogP contribution in [0.5, 0.6) is 0 Å². The van der Waals surface area contributed by atoms with Gasteiger partial charge < -0.3 is 10.4 Å². The molecule has 0 bridgehead atoms. The standard InChI is InChI=1S/C19H21NO3/c1-3-19(18(22)23,16-12-8-5-9-13-16)20-17(21)14(2)15-10-6-4-7-11-15/h4-14H,3H2,1-2H3,(H,20,21)(H,22,23)/t14-,19?/m0/s1. The first-order chi connectivity index (χ1) is 11.0. The molecule has 0 aliphatic rings. The molecule has 2 rings (SSSR count). The van der Waals surface area contributed by atoms with Gasteiger partial charge in [-0.2, -0.15) is 0 Å². The van der Waals surface area contributed by atoms with Crippen LogP contribution >= 0.6 is 0 Å². The zero-order chi connectivity index (χ0) is 16.9. The highest BCUT2D eigenvalue weighted by Gasteiger charge is 2.41. The van der Waals surface area contributed by atoms with Crippen LogP contribution < -0.4 is 5.32 Å². The van der Waals surface area contributed by atoms with E-state index >= 15 is 0 Å². The van der Waals surface area contributed by atoms with Crippen LogP contribution in [-0.2, 0) is 15.1 Å². The molecule has 0 aliphatic carbocycles. The summed E-state index contributed by atoms with van der Waals surface area (Å²) in [5.74, 6) is -1.78. The number of carboxylic acids is 1. The Hall–Kier alpha value is -2.62. The highest BCUT2D eigenvalue weighted by molar-refractivity contribution is 5.91. The molecule has 120 valence electrons. The van der Waals surface area contributed by atoms with E-state index in [1.807, 2.05) is 36.4 Å². The van der Waals surface area contributed by atoms with Crippen LogP contribution in [-0.4, -0.2) is 17.0 Å². The van der Waals surface area contributed by atoms with Crippen molar-refractivity contribution in [3.63, 3.8) is 0 Å². The van der Waals surface area contributed by atoms with Crippen molar-refractivity contribution < 1.29 is 14.7 Å². The first-order valence-electron chi connectivity index (χ1n) is 7.67. The lowest BCUT2D eigenvalue weighted by Gasteiger charge is -2.31. The molecule has 0 saturated heterocycles. The van der Waals surface area contributed by atoms with E-state index in [-0.39, 0.29) is 12.3 Å². The van der Waals surface area contributed by atoms with Crippen molar-refractivity contribution in [2.75, 3.05) is 0 Å². The maximum Gasteiger partial charge on any atom is 0.334 e. The second-order valence-corrected chi connectivity index (χ2v) is 5.55. The van der Waals surface area contributed by atoms with Gasteiger partial charge in [0.25, 0.3) is 0 Å². The Balaban J connectivity index is 2.32. The number of benzene rings is 2. The summed E-state index contributed by atoms with van der Waals surface area (Å²) in [4.78, 5) is 24.6. The van der Waals surface area contributed by atoms with Gasteiger partial charge in [0.2, 0.25) is 5.91 Å². The van der Waals surface area contributed by atoms with E-state index in [0.717, 1.165) is 5.56 Å². The van der Waals surface area contributed by atoms with Crippen LogP contribution in [0.25, 0.3) is 0 Å². The van der Waals surface area contributed by atoms with Gasteiger partial charge in [0.1, 0.15) is 0 Å². The van der Waals surface area contributed by atoms with E-state index in [4.69, 9.17) is 0 Å². The number of carboxylic acid groups (broad SMARTS) is 1. The molecule has 2 aromatic rings. The molecular weight excluding hydrogens is 290 g/mol. The molecule has 23 heavy (non-hydrogen) atoms. The van der Waals surface area contributed by atoms with Gasteiger partial charge in [-0.3, -0.25) is 4.79 Å². The fraction of sp³-hybridized carbons (Fsp3) is 0.263. The predicted molar refractivity (Wildman–Crippen MR) is 89.0 cm³/mol. The third kappa shape index (κ3) is 3.42.